The zero-order chi connectivity index (χ0) is 13.5. The van der Waals surface area contributed by atoms with Crippen molar-refractivity contribution in [1.29, 1.82) is 0 Å². The predicted octanol–water partition coefficient (Wildman–Crippen LogP) is 1.81. The molecule has 4 heteroatoms. The van der Waals surface area contributed by atoms with Gasteiger partial charge < -0.3 is 15.0 Å². The molecule has 1 aliphatic rings. The van der Waals surface area contributed by atoms with Gasteiger partial charge in [-0.05, 0) is 31.9 Å². The Hall–Kier alpha value is -1.55. The van der Waals surface area contributed by atoms with E-state index in [0.29, 0.717) is 13.1 Å². The summed E-state index contributed by atoms with van der Waals surface area (Å²) in [6.07, 6.45) is 2.36. The number of nitrogens with one attached hydrogen (secondary N) is 1. The van der Waals surface area contributed by atoms with Crippen molar-refractivity contribution in [2.75, 3.05) is 31.1 Å². The van der Waals surface area contributed by atoms with E-state index in [1.54, 1.807) is 0 Å². The van der Waals surface area contributed by atoms with Gasteiger partial charge in [-0.15, -0.1) is 0 Å². The zero-order valence-corrected chi connectivity index (χ0v) is 11.5. The fraction of sp³-hybridized carbons (Fsp3) is 0.533. The maximum Gasteiger partial charge on any atom is 0.239 e. The molecule has 1 heterocycles. The number of benzene rings is 1. The van der Waals surface area contributed by atoms with E-state index >= 15 is 0 Å². The van der Waals surface area contributed by atoms with Crippen molar-refractivity contribution in [3.8, 4) is 0 Å². The second-order valence-corrected chi connectivity index (χ2v) is 4.79. The molecule has 1 aliphatic heterocycles. The molecule has 0 spiro atoms. The van der Waals surface area contributed by atoms with Crippen molar-refractivity contribution in [1.82, 2.24) is 5.32 Å². The Balaban J connectivity index is 1.79. The Morgan fingerprint density at radius 3 is 2.84 bits per heavy atom. The van der Waals surface area contributed by atoms with E-state index in [1.165, 1.54) is 0 Å². The van der Waals surface area contributed by atoms with Crippen LogP contribution < -0.4 is 10.2 Å². The minimum Gasteiger partial charge on any atom is -0.376 e. The van der Waals surface area contributed by atoms with Crippen LogP contribution in [0.4, 0.5) is 5.69 Å². The van der Waals surface area contributed by atoms with Crippen molar-refractivity contribution >= 4 is 11.6 Å². The summed E-state index contributed by atoms with van der Waals surface area (Å²) in [6, 6.07) is 10.0. The van der Waals surface area contributed by atoms with Gasteiger partial charge in [0.05, 0.1) is 12.6 Å². The summed E-state index contributed by atoms with van der Waals surface area (Å²) < 4.78 is 5.49. The molecule has 0 aliphatic carbocycles. The van der Waals surface area contributed by atoms with E-state index in [1.807, 2.05) is 30.3 Å². The molecule has 0 aromatic heterocycles. The van der Waals surface area contributed by atoms with Gasteiger partial charge in [-0.2, -0.15) is 0 Å². The van der Waals surface area contributed by atoms with Gasteiger partial charge in [0, 0.05) is 25.4 Å². The smallest absolute Gasteiger partial charge is 0.239 e. The molecule has 104 valence electrons. The molecular weight excluding hydrogens is 240 g/mol. The van der Waals surface area contributed by atoms with Gasteiger partial charge in [0.2, 0.25) is 5.91 Å². The normalized spacial score (nSPS) is 18.3. The first-order valence-corrected chi connectivity index (χ1v) is 6.98. The first-order chi connectivity index (χ1) is 9.29. The Kier molecular flexibility index (Phi) is 5.21. The second-order valence-electron chi connectivity index (χ2n) is 4.79. The molecule has 1 N–H and O–H groups in total. The Bertz CT molecular complexity index is 388. The lowest BCUT2D eigenvalue weighted by Crippen LogP contribution is -2.40. The standard InChI is InChI=1S/C15H22N2O2/c1-2-17(13-7-4-3-5-8-13)12-15(18)16-11-14-9-6-10-19-14/h3-5,7-8,14H,2,6,9-12H2,1H3,(H,16,18). The summed E-state index contributed by atoms with van der Waals surface area (Å²) in [5.41, 5.74) is 1.08. The van der Waals surface area contributed by atoms with Gasteiger partial charge in [-0.3, -0.25) is 4.79 Å². The highest BCUT2D eigenvalue weighted by molar-refractivity contribution is 5.81. The fourth-order valence-electron chi connectivity index (χ4n) is 2.29. The van der Waals surface area contributed by atoms with Crippen molar-refractivity contribution in [2.24, 2.45) is 0 Å². The number of anilines is 1. The van der Waals surface area contributed by atoms with E-state index in [-0.39, 0.29) is 12.0 Å². The first-order valence-electron chi connectivity index (χ1n) is 6.98. The SMILES string of the molecule is CCN(CC(=O)NCC1CCCO1)c1ccccc1. The molecule has 1 saturated heterocycles. The second kappa shape index (κ2) is 7.14. The minimum atomic E-state index is 0.0567. The molecule has 1 aromatic rings. The number of amides is 1. The topological polar surface area (TPSA) is 41.6 Å². The zero-order valence-electron chi connectivity index (χ0n) is 11.5. The Morgan fingerprint density at radius 2 is 2.21 bits per heavy atom. The van der Waals surface area contributed by atoms with Gasteiger partial charge in [-0.25, -0.2) is 0 Å². The third-order valence-electron chi connectivity index (χ3n) is 3.39. The van der Waals surface area contributed by atoms with Crippen molar-refractivity contribution in [3.63, 3.8) is 0 Å². The van der Waals surface area contributed by atoms with Gasteiger partial charge in [0.25, 0.3) is 0 Å². The highest BCUT2D eigenvalue weighted by Crippen LogP contribution is 2.13. The fourth-order valence-corrected chi connectivity index (χ4v) is 2.29. The maximum atomic E-state index is 11.9. The average Bonchev–Trinajstić information content (AvgIpc) is 2.97. The molecular formula is C15H22N2O2. The van der Waals surface area contributed by atoms with Crippen LogP contribution in [0.15, 0.2) is 30.3 Å². The number of rotatable bonds is 6. The van der Waals surface area contributed by atoms with Crippen LogP contribution in [0.25, 0.3) is 0 Å². The summed E-state index contributed by atoms with van der Waals surface area (Å²) in [6.45, 7) is 4.72. The minimum absolute atomic E-state index is 0.0567. The van der Waals surface area contributed by atoms with E-state index in [4.69, 9.17) is 4.74 Å². The molecule has 0 radical (unpaired) electrons. The largest absolute Gasteiger partial charge is 0.376 e. The average molecular weight is 262 g/mol. The van der Waals surface area contributed by atoms with Crippen molar-refractivity contribution < 1.29 is 9.53 Å². The number of carbonyl (C=O) groups excluding carboxylic acids is 1. The maximum absolute atomic E-state index is 11.9. The third kappa shape index (κ3) is 4.24. The molecule has 4 nitrogen and oxygen atoms in total. The summed E-state index contributed by atoms with van der Waals surface area (Å²) in [5, 5.41) is 2.95. The number of likely N-dealkylation sites (N-methyl/N-ethyl adjacent to an activating group) is 1. The predicted molar refractivity (Wildman–Crippen MR) is 76.3 cm³/mol. The van der Waals surface area contributed by atoms with Gasteiger partial charge in [-0.1, -0.05) is 18.2 Å². The van der Waals surface area contributed by atoms with E-state index < -0.39 is 0 Å². The van der Waals surface area contributed by atoms with Crippen LogP contribution in [0.1, 0.15) is 19.8 Å². The van der Waals surface area contributed by atoms with Crippen LogP contribution in [0.3, 0.4) is 0 Å². The molecule has 1 amide bonds. The molecule has 1 fully saturated rings. The number of hydrogen-bond donors (Lipinski definition) is 1. The lowest BCUT2D eigenvalue weighted by atomic mass is 10.2. The van der Waals surface area contributed by atoms with Crippen LogP contribution in [0.2, 0.25) is 0 Å². The summed E-state index contributed by atoms with van der Waals surface area (Å²) >= 11 is 0. The number of hydrogen-bond acceptors (Lipinski definition) is 3. The van der Waals surface area contributed by atoms with Crippen LogP contribution in [-0.4, -0.2) is 38.3 Å². The molecule has 2 rings (SSSR count). The summed E-state index contributed by atoms with van der Waals surface area (Å²) in [4.78, 5) is 14.0. The van der Waals surface area contributed by atoms with E-state index in [2.05, 4.69) is 17.1 Å². The van der Waals surface area contributed by atoms with Crippen LogP contribution in [0, 0.1) is 0 Å². The van der Waals surface area contributed by atoms with Crippen molar-refractivity contribution in [3.05, 3.63) is 30.3 Å². The van der Waals surface area contributed by atoms with Crippen LogP contribution in [0.5, 0.6) is 0 Å². The van der Waals surface area contributed by atoms with Crippen LogP contribution >= 0.6 is 0 Å². The number of nitrogens with zero attached hydrogens (tertiary/aromatic N) is 1. The van der Waals surface area contributed by atoms with Gasteiger partial charge in [0.15, 0.2) is 0 Å². The molecule has 1 unspecified atom stereocenters. The Morgan fingerprint density at radius 1 is 1.42 bits per heavy atom. The summed E-state index contributed by atoms with van der Waals surface area (Å²) in [5.74, 6) is 0.0567. The first kappa shape index (κ1) is 13.9. The highest BCUT2D eigenvalue weighted by Gasteiger charge is 2.17. The molecule has 1 aromatic carbocycles. The molecule has 1 atom stereocenters. The quantitative estimate of drug-likeness (QED) is 0.850. The van der Waals surface area contributed by atoms with Crippen LogP contribution in [-0.2, 0) is 9.53 Å². The molecule has 0 saturated carbocycles. The van der Waals surface area contributed by atoms with Gasteiger partial charge in [0.1, 0.15) is 0 Å². The number of para-hydroxylation sites is 1. The third-order valence-corrected chi connectivity index (χ3v) is 3.39. The van der Waals surface area contributed by atoms with Gasteiger partial charge >= 0.3 is 0 Å². The molecule has 19 heavy (non-hydrogen) atoms. The van der Waals surface area contributed by atoms with E-state index in [9.17, 15) is 4.79 Å². The summed E-state index contributed by atoms with van der Waals surface area (Å²) in [7, 11) is 0. The van der Waals surface area contributed by atoms with Crippen molar-refractivity contribution in [2.45, 2.75) is 25.9 Å². The lowest BCUT2D eigenvalue weighted by molar-refractivity contribution is -0.120. The highest BCUT2D eigenvalue weighted by atomic mass is 16.5. The Labute approximate surface area is 114 Å². The van der Waals surface area contributed by atoms with E-state index in [0.717, 1.165) is 31.7 Å². The molecule has 0 bridgehead atoms. The number of ether oxygens (including phenoxy) is 1. The monoisotopic (exact) mass is 262 g/mol. The lowest BCUT2D eigenvalue weighted by Gasteiger charge is -2.22. The number of carbonyl (C=O) groups is 1.